The highest BCUT2D eigenvalue weighted by molar-refractivity contribution is 4.90. The molecule has 1 aliphatic carbocycles. The first-order chi connectivity index (χ1) is 7.90. The van der Waals surface area contributed by atoms with E-state index in [0.29, 0.717) is 12.6 Å². The van der Waals surface area contributed by atoms with Crippen LogP contribution in [-0.4, -0.2) is 34.0 Å². The summed E-state index contributed by atoms with van der Waals surface area (Å²) in [5.74, 6) is 0.905. The summed E-state index contributed by atoms with van der Waals surface area (Å²) >= 11 is 0. The standard InChI is InChI=1S/C12H20N4/c13-6-9-16(11-4-1-2-5-11)10-12-14-7-3-8-15-12/h3,7-8,11H,1-2,4-6,9-10,13H2. The Kier molecular flexibility index (Phi) is 4.25. The fourth-order valence-electron chi connectivity index (χ4n) is 2.42. The monoisotopic (exact) mass is 220 g/mol. The predicted octanol–water partition coefficient (Wildman–Crippen LogP) is 1.18. The number of hydrogen-bond acceptors (Lipinski definition) is 4. The summed E-state index contributed by atoms with van der Waals surface area (Å²) in [7, 11) is 0. The van der Waals surface area contributed by atoms with Crippen LogP contribution in [-0.2, 0) is 6.54 Å². The molecule has 0 saturated heterocycles. The summed E-state index contributed by atoms with van der Waals surface area (Å²) < 4.78 is 0. The fraction of sp³-hybridized carbons (Fsp3) is 0.667. The zero-order chi connectivity index (χ0) is 11.2. The number of nitrogens with zero attached hydrogens (tertiary/aromatic N) is 3. The van der Waals surface area contributed by atoms with Crippen molar-refractivity contribution in [3.05, 3.63) is 24.3 Å². The first-order valence-corrected chi connectivity index (χ1v) is 6.10. The van der Waals surface area contributed by atoms with Gasteiger partial charge in [-0.2, -0.15) is 0 Å². The lowest BCUT2D eigenvalue weighted by molar-refractivity contribution is 0.190. The van der Waals surface area contributed by atoms with Crippen molar-refractivity contribution >= 4 is 0 Å². The molecular weight excluding hydrogens is 200 g/mol. The fourth-order valence-corrected chi connectivity index (χ4v) is 2.42. The molecule has 1 saturated carbocycles. The van der Waals surface area contributed by atoms with Gasteiger partial charge >= 0.3 is 0 Å². The Morgan fingerprint density at radius 2 is 1.94 bits per heavy atom. The molecule has 0 radical (unpaired) electrons. The SMILES string of the molecule is NCCN(Cc1ncccn1)C1CCCC1. The molecule has 1 aromatic heterocycles. The van der Waals surface area contributed by atoms with Crippen molar-refractivity contribution < 1.29 is 0 Å². The average Bonchev–Trinajstić information content (AvgIpc) is 2.83. The maximum absolute atomic E-state index is 5.67. The van der Waals surface area contributed by atoms with Crippen LogP contribution in [0.2, 0.25) is 0 Å². The smallest absolute Gasteiger partial charge is 0.142 e. The molecule has 4 heteroatoms. The molecule has 0 aliphatic heterocycles. The zero-order valence-electron chi connectivity index (χ0n) is 9.68. The van der Waals surface area contributed by atoms with Crippen LogP contribution >= 0.6 is 0 Å². The van der Waals surface area contributed by atoms with Gasteiger partial charge in [-0.05, 0) is 18.9 Å². The number of rotatable bonds is 5. The van der Waals surface area contributed by atoms with Gasteiger partial charge in [-0.1, -0.05) is 12.8 Å². The minimum absolute atomic E-state index is 0.687. The van der Waals surface area contributed by atoms with Crippen molar-refractivity contribution in [3.63, 3.8) is 0 Å². The van der Waals surface area contributed by atoms with Crippen LogP contribution in [0.4, 0.5) is 0 Å². The Labute approximate surface area is 96.9 Å². The van der Waals surface area contributed by atoms with Gasteiger partial charge in [-0.15, -0.1) is 0 Å². The summed E-state index contributed by atoms with van der Waals surface area (Å²) in [6.07, 6.45) is 8.90. The van der Waals surface area contributed by atoms with Gasteiger partial charge in [0.2, 0.25) is 0 Å². The molecule has 16 heavy (non-hydrogen) atoms. The largest absolute Gasteiger partial charge is 0.329 e. The first-order valence-electron chi connectivity index (χ1n) is 6.10. The molecule has 2 N–H and O–H groups in total. The van der Waals surface area contributed by atoms with Gasteiger partial charge in [0, 0.05) is 31.5 Å². The Hall–Kier alpha value is -1.00. The Balaban J connectivity index is 1.96. The maximum Gasteiger partial charge on any atom is 0.142 e. The molecule has 0 atom stereocenters. The quantitative estimate of drug-likeness (QED) is 0.809. The van der Waals surface area contributed by atoms with Crippen LogP contribution in [0.25, 0.3) is 0 Å². The summed E-state index contributed by atoms with van der Waals surface area (Å²) in [5.41, 5.74) is 5.67. The predicted molar refractivity (Wildman–Crippen MR) is 63.8 cm³/mol. The Morgan fingerprint density at radius 1 is 1.25 bits per heavy atom. The van der Waals surface area contributed by atoms with Crippen molar-refractivity contribution in [2.45, 2.75) is 38.3 Å². The number of hydrogen-bond donors (Lipinski definition) is 1. The van der Waals surface area contributed by atoms with Crippen LogP contribution in [0, 0.1) is 0 Å². The molecule has 4 nitrogen and oxygen atoms in total. The van der Waals surface area contributed by atoms with E-state index in [0.717, 1.165) is 18.9 Å². The normalized spacial score (nSPS) is 17.1. The van der Waals surface area contributed by atoms with E-state index in [1.54, 1.807) is 12.4 Å². The molecule has 88 valence electrons. The highest BCUT2D eigenvalue weighted by Crippen LogP contribution is 2.23. The molecule has 0 aromatic carbocycles. The molecular formula is C12H20N4. The third-order valence-electron chi connectivity index (χ3n) is 3.22. The lowest BCUT2D eigenvalue weighted by Crippen LogP contribution is -2.37. The summed E-state index contributed by atoms with van der Waals surface area (Å²) in [4.78, 5) is 11.0. The minimum atomic E-state index is 0.687. The topological polar surface area (TPSA) is 55.0 Å². The van der Waals surface area contributed by atoms with Gasteiger partial charge in [0.25, 0.3) is 0 Å². The van der Waals surface area contributed by atoms with Crippen molar-refractivity contribution in [1.29, 1.82) is 0 Å². The maximum atomic E-state index is 5.67. The van der Waals surface area contributed by atoms with Gasteiger partial charge < -0.3 is 5.73 Å². The second-order valence-corrected chi connectivity index (χ2v) is 4.36. The van der Waals surface area contributed by atoms with Crippen LogP contribution in [0.1, 0.15) is 31.5 Å². The highest BCUT2D eigenvalue weighted by Gasteiger charge is 2.22. The highest BCUT2D eigenvalue weighted by atomic mass is 15.2. The molecule has 1 fully saturated rings. The van der Waals surface area contributed by atoms with Crippen molar-refractivity contribution in [2.75, 3.05) is 13.1 Å². The summed E-state index contributed by atoms with van der Waals surface area (Å²) in [6.45, 7) is 2.50. The van der Waals surface area contributed by atoms with Crippen LogP contribution in [0.3, 0.4) is 0 Å². The molecule has 0 spiro atoms. The second kappa shape index (κ2) is 5.92. The van der Waals surface area contributed by atoms with Crippen molar-refractivity contribution in [1.82, 2.24) is 14.9 Å². The molecule has 0 bridgehead atoms. The lowest BCUT2D eigenvalue weighted by Gasteiger charge is -2.27. The van der Waals surface area contributed by atoms with Gasteiger partial charge in [0.15, 0.2) is 0 Å². The molecule has 1 aromatic rings. The molecule has 0 unspecified atom stereocenters. The minimum Gasteiger partial charge on any atom is -0.329 e. The van der Waals surface area contributed by atoms with E-state index in [4.69, 9.17) is 5.73 Å². The van der Waals surface area contributed by atoms with Gasteiger partial charge in [0.05, 0.1) is 6.54 Å². The van der Waals surface area contributed by atoms with Crippen LogP contribution < -0.4 is 5.73 Å². The van der Waals surface area contributed by atoms with E-state index >= 15 is 0 Å². The molecule has 1 aliphatic rings. The van der Waals surface area contributed by atoms with E-state index in [1.165, 1.54) is 25.7 Å². The summed E-state index contributed by atoms with van der Waals surface area (Å²) in [6, 6.07) is 2.54. The van der Waals surface area contributed by atoms with E-state index in [9.17, 15) is 0 Å². The van der Waals surface area contributed by atoms with Crippen molar-refractivity contribution in [3.8, 4) is 0 Å². The van der Waals surface area contributed by atoms with Crippen LogP contribution in [0.5, 0.6) is 0 Å². The second-order valence-electron chi connectivity index (χ2n) is 4.36. The number of aromatic nitrogens is 2. The Bertz CT molecular complexity index is 295. The van der Waals surface area contributed by atoms with Gasteiger partial charge in [-0.3, -0.25) is 4.90 Å². The van der Waals surface area contributed by atoms with E-state index in [-0.39, 0.29) is 0 Å². The van der Waals surface area contributed by atoms with E-state index in [1.807, 2.05) is 6.07 Å². The molecule has 2 rings (SSSR count). The van der Waals surface area contributed by atoms with Gasteiger partial charge in [0.1, 0.15) is 5.82 Å². The average molecular weight is 220 g/mol. The van der Waals surface area contributed by atoms with Crippen molar-refractivity contribution in [2.24, 2.45) is 5.73 Å². The van der Waals surface area contributed by atoms with Crippen LogP contribution in [0.15, 0.2) is 18.5 Å². The first kappa shape index (κ1) is 11.5. The third-order valence-corrected chi connectivity index (χ3v) is 3.22. The van der Waals surface area contributed by atoms with E-state index in [2.05, 4.69) is 14.9 Å². The Morgan fingerprint density at radius 3 is 2.56 bits per heavy atom. The lowest BCUT2D eigenvalue weighted by atomic mass is 10.2. The molecule has 1 heterocycles. The van der Waals surface area contributed by atoms with Gasteiger partial charge in [-0.25, -0.2) is 9.97 Å². The third kappa shape index (κ3) is 3.00. The molecule has 0 amide bonds. The number of nitrogens with two attached hydrogens (primary N) is 1. The van der Waals surface area contributed by atoms with E-state index < -0.39 is 0 Å². The zero-order valence-corrected chi connectivity index (χ0v) is 9.68. The summed E-state index contributed by atoms with van der Waals surface area (Å²) in [5, 5.41) is 0.